The number of aryl methyl sites for hydroxylation is 1. The summed E-state index contributed by atoms with van der Waals surface area (Å²) in [7, 11) is 0. The summed E-state index contributed by atoms with van der Waals surface area (Å²) < 4.78 is 1.40. The SMILES string of the molecule is Cc1nn(-c2cccc(C(=O)N3CC[C@@H]4CNC[C@@H]43)c2)c(=O)c2ccccc12. The number of carbonyl (C=O) groups is 1. The number of hydrogen-bond acceptors (Lipinski definition) is 4. The molecule has 2 aliphatic heterocycles. The van der Waals surface area contributed by atoms with Crippen LogP contribution in [-0.2, 0) is 0 Å². The number of fused-ring (bicyclic) bond motifs is 2. The van der Waals surface area contributed by atoms with E-state index in [0.717, 1.165) is 37.1 Å². The molecule has 28 heavy (non-hydrogen) atoms. The summed E-state index contributed by atoms with van der Waals surface area (Å²) >= 11 is 0. The summed E-state index contributed by atoms with van der Waals surface area (Å²) in [5.41, 5.74) is 1.83. The van der Waals surface area contributed by atoms with Crippen molar-refractivity contribution in [3.63, 3.8) is 0 Å². The number of likely N-dealkylation sites (tertiary alicyclic amines) is 1. The van der Waals surface area contributed by atoms with Crippen molar-refractivity contribution in [3.8, 4) is 5.69 Å². The van der Waals surface area contributed by atoms with Crippen LogP contribution < -0.4 is 10.9 Å². The first-order valence-electron chi connectivity index (χ1n) is 9.74. The van der Waals surface area contributed by atoms with Crippen molar-refractivity contribution in [2.24, 2.45) is 5.92 Å². The molecule has 6 nitrogen and oxygen atoms in total. The molecular weight excluding hydrogens is 352 g/mol. The first-order valence-corrected chi connectivity index (χ1v) is 9.74. The van der Waals surface area contributed by atoms with Crippen LogP contribution in [0.5, 0.6) is 0 Å². The van der Waals surface area contributed by atoms with Crippen LogP contribution >= 0.6 is 0 Å². The molecule has 0 unspecified atom stereocenters. The van der Waals surface area contributed by atoms with Gasteiger partial charge in [-0.05, 0) is 43.5 Å². The Hall–Kier alpha value is -2.99. The molecule has 2 atom stereocenters. The second kappa shape index (κ2) is 6.56. The fourth-order valence-corrected chi connectivity index (χ4v) is 4.56. The summed E-state index contributed by atoms with van der Waals surface area (Å²) in [6, 6.07) is 15.0. The minimum atomic E-state index is -0.174. The maximum absolute atomic E-state index is 13.1. The van der Waals surface area contributed by atoms with E-state index in [4.69, 9.17) is 0 Å². The Bertz CT molecular complexity index is 1140. The van der Waals surface area contributed by atoms with Gasteiger partial charge in [0, 0.05) is 36.6 Å². The lowest BCUT2D eigenvalue weighted by molar-refractivity contribution is 0.0737. The fraction of sp³-hybridized carbons (Fsp3) is 0.318. The molecule has 1 amide bonds. The van der Waals surface area contributed by atoms with E-state index in [9.17, 15) is 9.59 Å². The highest BCUT2D eigenvalue weighted by Gasteiger charge is 2.40. The van der Waals surface area contributed by atoms with Crippen LogP contribution in [0.3, 0.4) is 0 Å². The van der Waals surface area contributed by atoms with Crippen LogP contribution in [0.25, 0.3) is 16.5 Å². The Morgan fingerprint density at radius 3 is 2.79 bits per heavy atom. The first kappa shape index (κ1) is 17.1. The van der Waals surface area contributed by atoms with E-state index in [1.165, 1.54) is 4.68 Å². The van der Waals surface area contributed by atoms with Crippen LogP contribution in [0, 0.1) is 12.8 Å². The van der Waals surface area contributed by atoms with Crippen LogP contribution in [0.4, 0.5) is 0 Å². The smallest absolute Gasteiger partial charge is 0.279 e. The molecule has 3 heterocycles. The molecule has 2 aromatic carbocycles. The second-order valence-electron chi connectivity index (χ2n) is 7.67. The highest BCUT2D eigenvalue weighted by molar-refractivity contribution is 5.95. The van der Waals surface area contributed by atoms with Gasteiger partial charge in [0.15, 0.2) is 0 Å². The monoisotopic (exact) mass is 374 g/mol. The maximum Gasteiger partial charge on any atom is 0.279 e. The van der Waals surface area contributed by atoms with E-state index >= 15 is 0 Å². The molecule has 0 aliphatic carbocycles. The number of benzene rings is 2. The largest absolute Gasteiger partial charge is 0.334 e. The third-order valence-corrected chi connectivity index (χ3v) is 6.03. The Morgan fingerprint density at radius 2 is 1.93 bits per heavy atom. The number of nitrogens with zero attached hydrogens (tertiary/aromatic N) is 3. The Morgan fingerprint density at radius 1 is 1.11 bits per heavy atom. The molecule has 2 saturated heterocycles. The van der Waals surface area contributed by atoms with Gasteiger partial charge in [0.1, 0.15) is 0 Å². The van der Waals surface area contributed by atoms with Crippen molar-refractivity contribution < 1.29 is 4.79 Å². The number of rotatable bonds is 2. The summed E-state index contributed by atoms with van der Waals surface area (Å²) in [5, 5.41) is 9.36. The minimum Gasteiger partial charge on any atom is -0.334 e. The zero-order chi connectivity index (χ0) is 19.3. The van der Waals surface area contributed by atoms with Crippen molar-refractivity contribution in [1.82, 2.24) is 20.0 Å². The van der Waals surface area contributed by atoms with Gasteiger partial charge in [-0.15, -0.1) is 0 Å². The zero-order valence-corrected chi connectivity index (χ0v) is 15.8. The molecule has 0 spiro atoms. The average molecular weight is 374 g/mol. The van der Waals surface area contributed by atoms with Crippen molar-refractivity contribution in [2.45, 2.75) is 19.4 Å². The van der Waals surface area contributed by atoms with Gasteiger partial charge in [0.05, 0.1) is 16.8 Å². The van der Waals surface area contributed by atoms with Gasteiger partial charge in [-0.1, -0.05) is 24.3 Å². The van der Waals surface area contributed by atoms with E-state index in [1.807, 2.05) is 54.3 Å². The summed E-state index contributed by atoms with van der Waals surface area (Å²) in [6.45, 7) is 4.54. The molecule has 6 heteroatoms. The molecule has 0 saturated carbocycles. The maximum atomic E-state index is 13.1. The van der Waals surface area contributed by atoms with Crippen molar-refractivity contribution in [3.05, 3.63) is 70.1 Å². The van der Waals surface area contributed by atoms with E-state index in [2.05, 4.69) is 10.4 Å². The minimum absolute atomic E-state index is 0.0311. The van der Waals surface area contributed by atoms with E-state index in [-0.39, 0.29) is 17.5 Å². The molecule has 3 aromatic rings. The molecule has 142 valence electrons. The molecular formula is C22H22N4O2. The molecule has 1 aromatic heterocycles. The van der Waals surface area contributed by atoms with Crippen LogP contribution in [-0.4, -0.2) is 46.3 Å². The molecule has 1 N–H and O–H groups in total. The van der Waals surface area contributed by atoms with Gasteiger partial charge >= 0.3 is 0 Å². The predicted octanol–water partition coefficient (Wildman–Crippen LogP) is 2.13. The van der Waals surface area contributed by atoms with Crippen molar-refractivity contribution >= 4 is 16.7 Å². The normalized spacial score (nSPS) is 21.2. The number of carbonyl (C=O) groups excluding carboxylic acids is 1. The number of amides is 1. The predicted molar refractivity (Wildman–Crippen MR) is 108 cm³/mol. The number of nitrogens with one attached hydrogen (secondary N) is 1. The first-order chi connectivity index (χ1) is 13.6. The van der Waals surface area contributed by atoms with E-state index in [1.54, 1.807) is 6.07 Å². The van der Waals surface area contributed by atoms with E-state index in [0.29, 0.717) is 22.6 Å². The van der Waals surface area contributed by atoms with Gasteiger partial charge in [0.25, 0.3) is 11.5 Å². The Balaban J connectivity index is 1.55. The lowest BCUT2D eigenvalue weighted by Crippen LogP contribution is -2.39. The van der Waals surface area contributed by atoms with Gasteiger partial charge in [-0.2, -0.15) is 9.78 Å². The lowest BCUT2D eigenvalue weighted by atomic mass is 10.0. The standard InChI is InChI=1S/C22H22N4O2/c1-14-18-7-2-3-8-19(18)22(28)26(24-14)17-6-4-5-15(11-17)21(27)25-10-9-16-12-23-13-20(16)25/h2-8,11,16,20,23H,9-10,12-13H2,1H3/t16-,20+/m1/s1. The highest BCUT2D eigenvalue weighted by Crippen LogP contribution is 2.28. The van der Waals surface area contributed by atoms with Crippen molar-refractivity contribution in [2.75, 3.05) is 19.6 Å². The molecule has 5 rings (SSSR count). The number of hydrogen-bond donors (Lipinski definition) is 1. The second-order valence-corrected chi connectivity index (χ2v) is 7.67. The molecule has 2 aliphatic rings. The van der Waals surface area contributed by atoms with E-state index < -0.39 is 0 Å². The summed E-state index contributed by atoms with van der Waals surface area (Å²) in [6.07, 6.45) is 1.05. The van der Waals surface area contributed by atoms with Gasteiger partial charge in [-0.25, -0.2) is 0 Å². The Labute approximate surface area is 162 Å². The topological polar surface area (TPSA) is 67.2 Å². The number of aromatic nitrogens is 2. The summed E-state index contributed by atoms with van der Waals surface area (Å²) in [4.78, 5) is 28.1. The van der Waals surface area contributed by atoms with Gasteiger partial charge in [-0.3, -0.25) is 9.59 Å². The molecule has 2 fully saturated rings. The fourth-order valence-electron chi connectivity index (χ4n) is 4.56. The summed E-state index contributed by atoms with van der Waals surface area (Å²) in [5.74, 6) is 0.586. The van der Waals surface area contributed by atoms with Gasteiger partial charge in [0.2, 0.25) is 0 Å². The average Bonchev–Trinajstić information content (AvgIpc) is 3.34. The van der Waals surface area contributed by atoms with Crippen LogP contribution in [0.15, 0.2) is 53.3 Å². The highest BCUT2D eigenvalue weighted by atomic mass is 16.2. The van der Waals surface area contributed by atoms with Crippen LogP contribution in [0.2, 0.25) is 0 Å². The quantitative estimate of drug-likeness (QED) is 0.746. The lowest BCUT2D eigenvalue weighted by Gasteiger charge is -2.23. The third kappa shape index (κ3) is 2.64. The zero-order valence-electron chi connectivity index (χ0n) is 15.8. The third-order valence-electron chi connectivity index (χ3n) is 6.03. The van der Waals surface area contributed by atoms with Crippen molar-refractivity contribution in [1.29, 1.82) is 0 Å². The molecule has 0 bridgehead atoms. The van der Waals surface area contributed by atoms with Crippen LogP contribution in [0.1, 0.15) is 22.5 Å². The Kier molecular flexibility index (Phi) is 4.02. The van der Waals surface area contributed by atoms with Gasteiger partial charge < -0.3 is 10.2 Å². The molecule has 0 radical (unpaired) electrons.